The molecule has 1 unspecified atom stereocenters. The Kier molecular flexibility index (Phi) is 4.92. The van der Waals surface area contributed by atoms with Gasteiger partial charge in [-0.3, -0.25) is 4.98 Å². The van der Waals surface area contributed by atoms with Gasteiger partial charge < -0.3 is 9.73 Å². The highest BCUT2D eigenvalue weighted by Gasteiger charge is 2.31. The molecule has 29 heavy (non-hydrogen) atoms. The summed E-state index contributed by atoms with van der Waals surface area (Å²) in [5, 5.41) is 3.09. The molecule has 0 fully saturated rings. The van der Waals surface area contributed by atoms with Crippen molar-refractivity contribution in [3.63, 3.8) is 0 Å². The van der Waals surface area contributed by atoms with Gasteiger partial charge in [-0.05, 0) is 54.4 Å². The standard InChI is InChI=1S/C21H15F4N3O/c22-15-7-4-13(5-8-15)11-17(16-3-1-2-10-26-16)27-20-28-18-12-14(21(23,24)25)6-9-19(18)29-20/h1-10,12,17H,11H2,(H,27,28). The molecule has 2 aromatic carbocycles. The number of fused-ring (bicyclic) bond motifs is 1. The Morgan fingerprint density at radius 1 is 1.00 bits per heavy atom. The number of hydrogen-bond donors (Lipinski definition) is 1. The highest BCUT2D eigenvalue weighted by atomic mass is 19.4. The number of rotatable bonds is 5. The van der Waals surface area contributed by atoms with E-state index in [1.54, 1.807) is 24.4 Å². The highest BCUT2D eigenvalue weighted by molar-refractivity contribution is 5.75. The summed E-state index contributed by atoms with van der Waals surface area (Å²) in [5.74, 6) is -0.337. The van der Waals surface area contributed by atoms with E-state index in [4.69, 9.17) is 4.42 Å². The third-order valence-electron chi connectivity index (χ3n) is 4.41. The topological polar surface area (TPSA) is 51.0 Å². The Labute approximate surface area is 163 Å². The Morgan fingerprint density at radius 3 is 2.48 bits per heavy atom. The third-order valence-corrected chi connectivity index (χ3v) is 4.41. The fraction of sp³-hybridized carbons (Fsp3) is 0.143. The summed E-state index contributed by atoms with van der Waals surface area (Å²) in [6, 6.07) is 14.3. The molecule has 0 saturated carbocycles. The zero-order valence-corrected chi connectivity index (χ0v) is 14.9. The maximum absolute atomic E-state index is 13.2. The Morgan fingerprint density at radius 2 is 1.79 bits per heavy atom. The van der Waals surface area contributed by atoms with Crippen molar-refractivity contribution in [2.24, 2.45) is 0 Å². The quantitative estimate of drug-likeness (QED) is 0.431. The van der Waals surface area contributed by atoms with Crippen LogP contribution < -0.4 is 5.32 Å². The molecule has 0 saturated heterocycles. The molecule has 0 bridgehead atoms. The normalized spacial score (nSPS) is 12.8. The lowest BCUT2D eigenvalue weighted by Gasteiger charge is -2.17. The average molecular weight is 401 g/mol. The predicted molar refractivity (Wildman–Crippen MR) is 99.7 cm³/mol. The van der Waals surface area contributed by atoms with Crippen LogP contribution in [0.1, 0.15) is 22.9 Å². The van der Waals surface area contributed by atoms with Crippen LogP contribution in [-0.2, 0) is 12.6 Å². The number of hydrogen-bond acceptors (Lipinski definition) is 4. The molecule has 4 nitrogen and oxygen atoms in total. The number of nitrogens with zero attached hydrogens (tertiary/aromatic N) is 2. The molecular weight excluding hydrogens is 386 g/mol. The number of pyridine rings is 1. The van der Waals surface area contributed by atoms with Crippen LogP contribution >= 0.6 is 0 Å². The molecule has 0 spiro atoms. The van der Waals surface area contributed by atoms with Crippen LogP contribution in [0.15, 0.2) is 71.3 Å². The minimum Gasteiger partial charge on any atom is -0.424 e. The van der Waals surface area contributed by atoms with Gasteiger partial charge in [-0.15, -0.1) is 0 Å². The van der Waals surface area contributed by atoms with Crippen LogP contribution in [-0.4, -0.2) is 9.97 Å². The molecule has 148 valence electrons. The number of halogens is 4. The van der Waals surface area contributed by atoms with Crippen molar-refractivity contribution in [2.45, 2.75) is 18.6 Å². The summed E-state index contributed by atoms with van der Waals surface area (Å²) >= 11 is 0. The highest BCUT2D eigenvalue weighted by Crippen LogP contribution is 2.32. The van der Waals surface area contributed by atoms with Crippen molar-refractivity contribution in [3.8, 4) is 0 Å². The summed E-state index contributed by atoms with van der Waals surface area (Å²) in [7, 11) is 0. The number of aromatic nitrogens is 2. The molecule has 0 aliphatic rings. The first-order chi connectivity index (χ1) is 13.9. The summed E-state index contributed by atoms with van der Waals surface area (Å²) in [6.07, 6.45) is -2.38. The molecule has 4 aromatic rings. The van der Waals surface area contributed by atoms with Crippen LogP contribution in [0.5, 0.6) is 0 Å². The number of nitrogens with one attached hydrogen (secondary N) is 1. The second-order valence-electron chi connectivity index (χ2n) is 6.48. The second-order valence-corrected chi connectivity index (χ2v) is 6.48. The van der Waals surface area contributed by atoms with Gasteiger partial charge in [-0.25, -0.2) is 4.39 Å². The summed E-state index contributed by atoms with van der Waals surface area (Å²) in [6.45, 7) is 0. The number of anilines is 1. The van der Waals surface area contributed by atoms with Gasteiger partial charge in [0.25, 0.3) is 6.01 Å². The van der Waals surface area contributed by atoms with Crippen molar-refractivity contribution in [1.82, 2.24) is 9.97 Å². The van der Waals surface area contributed by atoms with E-state index < -0.39 is 11.7 Å². The van der Waals surface area contributed by atoms with Gasteiger partial charge in [-0.1, -0.05) is 18.2 Å². The first-order valence-electron chi connectivity index (χ1n) is 8.78. The lowest BCUT2D eigenvalue weighted by atomic mass is 10.0. The summed E-state index contributed by atoms with van der Waals surface area (Å²) < 4.78 is 57.5. The molecule has 0 amide bonds. The molecule has 1 N–H and O–H groups in total. The molecule has 1 atom stereocenters. The maximum atomic E-state index is 13.2. The first-order valence-corrected chi connectivity index (χ1v) is 8.78. The van der Waals surface area contributed by atoms with Gasteiger partial charge in [0.1, 0.15) is 11.3 Å². The Bertz CT molecular complexity index is 1110. The van der Waals surface area contributed by atoms with Crippen molar-refractivity contribution >= 4 is 17.1 Å². The van der Waals surface area contributed by atoms with Gasteiger partial charge in [-0.2, -0.15) is 18.2 Å². The smallest absolute Gasteiger partial charge is 0.416 e. The van der Waals surface area contributed by atoms with Gasteiger partial charge in [0.2, 0.25) is 0 Å². The van der Waals surface area contributed by atoms with E-state index in [1.165, 1.54) is 18.2 Å². The van der Waals surface area contributed by atoms with E-state index in [2.05, 4.69) is 15.3 Å². The molecule has 0 radical (unpaired) electrons. The summed E-state index contributed by atoms with van der Waals surface area (Å²) in [5.41, 5.74) is 1.09. The van der Waals surface area contributed by atoms with Crippen LogP contribution in [0, 0.1) is 5.82 Å². The number of alkyl halides is 3. The van der Waals surface area contributed by atoms with Crippen LogP contribution in [0.3, 0.4) is 0 Å². The fourth-order valence-electron chi connectivity index (χ4n) is 2.98. The predicted octanol–water partition coefficient (Wildman–Crippen LogP) is 5.78. The van der Waals surface area contributed by atoms with Gasteiger partial charge in [0.15, 0.2) is 5.58 Å². The zero-order valence-electron chi connectivity index (χ0n) is 14.9. The van der Waals surface area contributed by atoms with Gasteiger partial charge >= 0.3 is 6.18 Å². The van der Waals surface area contributed by atoms with Crippen molar-refractivity contribution < 1.29 is 22.0 Å². The van der Waals surface area contributed by atoms with E-state index in [0.29, 0.717) is 12.1 Å². The average Bonchev–Trinajstić information content (AvgIpc) is 3.11. The van der Waals surface area contributed by atoms with Gasteiger partial charge in [0.05, 0.1) is 17.3 Å². The van der Waals surface area contributed by atoms with E-state index >= 15 is 0 Å². The van der Waals surface area contributed by atoms with Crippen molar-refractivity contribution in [1.29, 1.82) is 0 Å². The van der Waals surface area contributed by atoms with Crippen LogP contribution in [0.4, 0.5) is 23.6 Å². The molecule has 2 heterocycles. The fourth-order valence-corrected chi connectivity index (χ4v) is 2.98. The molecule has 0 aliphatic heterocycles. The third kappa shape index (κ3) is 4.37. The molecule has 8 heteroatoms. The van der Waals surface area contributed by atoms with E-state index in [1.807, 2.05) is 12.1 Å². The molecular formula is C21H15F4N3O. The molecule has 0 aliphatic carbocycles. The SMILES string of the molecule is Fc1ccc(CC(Nc2nc3cc(C(F)(F)F)ccc3o2)c2ccccn2)cc1. The Balaban J connectivity index is 1.64. The van der Waals surface area contributed by atoms with Crippen molar-refractivity contribution in [3.05, 3.63) is 89.5 Å². The van der Waals surface area contributed by atoms with Gasteiger partial charge in [0, 0.05) is 6.20 Å². The largest absolute Gasteiger partial charge is 0.424 e. The lowest BCUT2D eigenvalue weighted by molar-refractivity contribution is -0.137. The summed E-state index contributed by atoms with van der Waals surface area (Å²) in [4.78, 5) is 8.48. The lowest BCUT2D eigenvalue weighted by Crippen LogP contribution is -2.15. The zero-order chi connectivity index (χ0) is 20.4. The number of benzene rings is 2. The minimum absolute atomic E-state index is 0.0806. The number of oxazole rings is 1. The van der Waals surface area contributed by atoms with E-state index in [9.17, 15) is 17.6 Å². The van der Waals surface area contributed by atoms with Crippen molar-refractivity contribution in [2.75, 3.05) is 5.32 Å². The van der Waals surface area contributed by atoms with E-state index in [-0.39, 0.29) is 29.0 Å². The maximum Gasteiger partial charge on any atom is 0.416 e. The first kappa shape index (κ1) is 18.9. The second kappa shape index (κ2) is 7.54. The minimum atomic E-state index is -4.46. The Hall–Kier alpha value is -3.42. The molecule has 2 aromatic heterocycles. The van der Waals surface area contributed by atoms with Crippen LogP contribution in [0.2, 0.25) is 0 Å². The monoisotopic (exact) mass is 401 g/mol. The molecule has 4 rings (SSSR count). The van der Waals surface area contributed by atoms with Crippen LogP contribution in [0.25, 0.3) is 11.1 Å². The van der Waals surface area contributed by atoms with E-state index in [0.717, 1.165) is 17.7 Å².